The molecule has 0 spiro atoms. The third-order valence-electron chi connectivity index (χ3n) is 3.17. The number of anilines is 1. The van der Waals surface area contributed by atoms with Gasteiger partial charge in [-0.2, -0.15) is 18.3 Å². The number of esters is 1. The van der Waals surface area contributed by atoms with Crippen LogP contribution in [0.25, 0.3) is 0 Å². The van der Waals surface area contributed by atoms with Gasteiger partial charge in [-0.25, -0.2) is 4.98 Å². The van der Waals surface area contributed by atoms with Crippen LogP contribution < -0.4 is 10.2 Å². The van der Waals surface area contributed by atoms with Gasteiger partial charge in [0.05, 0.1) is 37.1 Å². The maximum Gasteiger partial charge on any atom is 0.419 e. The summed E-state index contributed by atoms with van der Waals surface area (Å²) < 4.78 is 49.2. The molecule has 0 bridgehead atoms. The first-order chi connectivity index (χ1) is 12.8. The number of carbonyl (C=O) groups is 1. The SMILES string of the molecule is CCOC(=O)Cc1csc(NN=Cc2ccc(OCC)c(C(F)(F)F)c2)n1. The highest BCUT2D eigenvalue weighted by Gasteiger charge is 2.34. The summed E-state index contributed by atoms with van der Waals surface area (Å²) in [5.41, 5.74) is 2.54. The van der Waals surface area contributed by atoms with E-state index in [1.54, 1.807) is 19.2 Å². The van der Waals surface area contributed by atoms with Crippen LogP contribution in [0.4, 0.5) is 18.3 Å². The van der Waals surface area contributed by atoms with E-state index in [2.05, 4.69) is 15.5 Å². The molecule has 0 aliphatic carbocycles. The molecule has 1 aromatic carbocycles. The Balaban J connectivity index is 2.04. The van der Waals surface area contributed by atoms with Gasteiger partial charge in [-0.3, -0.25) is 10.2 Å². The minimum absolute atomic E-state index is 0.0452. The number of hydrogen-bond donors (Lipinski definition) is 1. The number of hydrazone groups is 1. The van der Waals surface area contributed by atoms with Crippen molar-refractivity contribution >= 4 is 28.7 Å². The van der Waals surface area contributed by atoms with Gasteiger partial charge >= 0.3 is 12.1 Å². The van der Waals surface area contributed by atoms with Crippen molar-refractivity contribution in [3.8, 4) is 5.75 Å². The fourth-order valence-electron chi connectivity index (χ4n) is 2.09. The minimum atomic E-state index is -4.53. The largest absolute Gasteiger partial charge is 0.493 e. The maximum atomic E-state index is 13.1. The molecule has 1 heterocycles. The molecule has 0 unspecified atom stereocenters. The second kappa shape index (κ2) is 9.36. The molecule has 0 saturated carbocycles. The number of carbonyl (C=O) groups excluding carboxylic acids is 1. The molecule has 0 aliphatic heterocycles. The van der Waals surface area contributed by atoms with Gasteiger partial charge in [0.2, 0.25) is 5.13 Å². The van der Waals surface area contributed by atoms with Crippen molar-refractivity contribution in [2.24, 2.45) is 5.10 Å². The summed E-state index contributed by atoms with van der Waals surface area (Å²) in [6.45, 7) is 3.76. The highest BCUT2D eigenvalue weighted by Crippen LogP contribution is 2.36. The number of alkyl halides is 3. The Morgan fingerprint density at radius 3 is 2.78 bits per heavy atom. The molecule has 0 fully saturated rings. The van der Waals surface area contributed by atoms with Crippen LogP contribution in [0.1, 0.15) is 30.7 Å². The summed E-state index contributed by atoms with van der Waals surface area (Å²) in [6.07, 6.45) is -3.24. The van der Waals surface area contributed by atoms with E-state index in [1.807, 2.05) is 0 Å². The molecule has 146 valence electrons. The van der Waals surface area contributed by atoms with Gasteiger partial charge in [-0.05, 0) is 37.6 Å². The molecule has 0 radical (unpaired) electrons. The fourth-order valence-corrected chi connectivity index (χ4v) is 2.75. The molecule has 0 amide bonds. The summed E-state index contributed by atoms with van der Waals surface area (Å²) in [7, 11) is 0. The number of hydrogen-bond acceptors (Lipinski definition) is 7. The second-order valence-electron chi connectivity index (χ2n) is 5.18. The van der Waals surface area contributed by atoms with Gasteiger partial charge in [0, 0.05) is 5.38 Å². The molecular weight excluding hydrogens is 383 g/mol. The standard InChI is InChI=1S/C17H18F3N3O3S/c1-3-25-14-6-5-11(7-13(14)17(18,19)20)9-21-23-16-22-12(10-27-16)8-15(24)26-4-2/h5-7,9-10H,3-4,8H2,1-2H3,(H,22,23). The molecular formula is C17H18F3N3O3S. The van der Waals surface area contributed by atoms with E-state index in [0.29, 0.717) is 17.4 Å². The first-order valence-corrected chi connectivity index (χ1v) is 8.94. The van der Waals surface area contributed by atoms with E-state index in [-0.39, 0.29) is 30.3 Å². The van der Waals surface area contributed by atoms with E-state index in [1.165, 1.54) is 29.7 Å². The van der Waals surface area contributed by atoms with Gasteiger partial charge in [0.1, 0.15) is 5.75 Å². The second-order valence-corrected chi connectivity index (χ2v) is 6.04. The predicted molar refractivity (Wildman–Crippen MR) is 96.3 cm³/mol. The Morgan fingerprint density at radius 2 is 2.11 bits per heavy atom. The quantitative estimate of drug-likeness (QED) is 0.409. The van der Waals surface area contributed by atoms with Crippen LogP contribution in [0, 0.1) is 0 Å². The van der Waals surface area contributed by atoms with Crippen LogP contribution in [0.5, 0.6) is 5.75 Å². The summed E-state index contributed by atoms with van der Waals surface area (Å²) in [4.78, 5) is 15.5. The monoisotopic (exact) mass is 401 g/mol. The van der Waals surface area contributed by atoms with Crippen molar-refractivity contribution in [1.82, 2.24) is 4.98 Å². The topological polar surface area (TPSA) is 72.8 Å². The normalized spacial score (nSPS) is 11.6. The summed E-state index contributed by atoms with van der Waals surface area (Å²) in [5.74, 6) is -0.606. The number of ether oxygens (including phenoxy) is 2. The Labute approximate surface area is 158 Å². The van der Waals surface area contributed by atoms with Crippen LogP contribution in [-0.2, 0) is 22.1 Å². The fraction of sp³-hybridized carbons (Fsp3) is 0.353. The van der Waals surface area contributed by atoms with Crippen LogP contribution in [0.3, 0.4) is 0 Å². The molecule has 0 atom stereocenters. The molecule has 10 heteroatoms. The average Bonchev–Trinajstić information content (AvgIpc) is 3.03. The zero-order valence-corrected chi connectivity index (χ0v) is 15.5. The highest BCUT2D eigenvalue weighted by atomic mass is 32.1. The van der Waals surface area contributed by atoms with Crippen molar-refractivity contribution in [1.29, 1.82) is 0 Å². The van der Waals surface area contributed by atoms with Crippen LogP contribution in [0.2, 0.25) is 0 Å². The lowest BCUT2D eigenvalue weighted by Crippen LogP contribution is -2.09. The third-order valence-corrected chi connectivity index (χ3v) is 3.96. The van der Waals surface area contributed by atoms with Crippen LogP contribution in [-0.4, -0.2) is 30.4 Å². The van der Waals surface area contributed by atoms with Gasteiger partial charge in [0.15, 0.2) is 0 Å². The van der Waals surface area contributed by atoms with E-state index >= 15 is 0 Å². The molecule has 0 aliphatic rings. The Hall–Kier alpha value is -2.62. The lowest BCUT2D eigenvalue weighted by atomic mass is 10.1. The molecule has 0 saturated heterocycles. The number of nitrogens with zero attached hydrogens (tertiary/aromatic N) is 2. The van der Waals surface area contributed by atoms with E-state index < -0.39 is 11.7 Å². The minimum Gasteiger partial charge on any atom is -0.493 e. The van der Waals surface area contributed by atoms with Gasteiger partial charge in [-0.1, -0.05) is 0 Å². The van der Waals surface area contributed by atoms with Crippen LogP contribution in [0.15, 0.2) is 28.7 Å². The number of aromatic nitrogens is 1. The number of halogens is 3. The number of thiazole rings is 1. The molecule has 2 aromatic rings. The maximum absolute atomic E-state index is 13.1. The van der Waals surface area contributed by atoms with Crippen molar-refractivity contribution < 1.29 is 27.4 Å². The molecule has 27 heavy (non-hydrogen) atoms. The van der Waals surface area contributed by atoms with Crippen molar-refractivity contribution in [2.45, 2.75) is 26.4 Å². The van der Waals surface area contributed by atoms with Crippen molar-refractivity contribution in [2.75, 3.05) is 18.6 Å². The first-order valence-electron chi connectivity index (χ1n) is 8.06. The Bertz CT molecular complexity index is 806. The van der Waals surface area contributed by atoms with E-state index in [4.69, 9.17) is 9.47 Å². The third kappa shape index (κ3) is 6.24. The predicted octanol–water partition coefficient (Wildman–Crippen LogP) is 4.11. The average molecular weight is 401 g/mol. The van der Waals surface area contributed by atoms with E-state index in [0.717, 1.165) is 6.07 Å². The first kappa shape index (κ1) is 20.7. The summed E-state index contributed by atoms with van der Waals surface area (Å²) >= 11 is 1.22. The zero-order valence-electron chi connectivity index (χ0n) is 14.7. The summed E-state index contributed by atoms with van der Waals surface area (Å²) in [6, 6.07) is 3.69. The van der Waals surface area contributed by atoms with Crippen LogP contribution >= 0.6 is 11.3 Å². The molecule has 1 N–H and O–H groups in total. The molecule has 6 nitrogen and oxygen atoms in total. The summed E-state index contributed by atoms with van der Waals surface area (Å²) in [5, 5.41) is 5.97. The van der Waals surface area contributed by atoms with E-state index in [9.17, 15) is 18.0 Å². The lowest BCUT2D eigenvalue weighted by molar-refractivity contribution is -0.142. The lowest BCUT2D eigenvalue weighted by Gasteiger charge is -2.13. The number of benzene rings is 1. The van der Waals surface area contributed by atoms with Gasteiger partial charge in [0.25, 0.3) is 0 Å². The Kier molecular flexibility index (Phi) is 7.17. The van der Waals surface area contributed by atoms with Crippen molar-refractivity contribution in [3.05, 3.63) is 40.4 Å². The zero-order chi connectivity index (χ0) is 19.9. The molecule has 2 rings (SSSR count). The Morgan fingerprint density at radius 1 is 1.33 bits per heavy atom. The number of nitrogens with one attached hydrogen (secondary N) is 1. The van der Waals surface area contributed by atoms with Crippen molar-refractivity contribution in [3.63, 3.8) is 0 Å². The smallest absolute Gasteiger partial charge is 0.419 e. The van der Waals surface area contributed by atoms with Gasteiger partial charge < -0.3 is 9.47 Å². The number of rotatable bonds is 8. The highest BCUT2D eigenvalue weighted by molar-refractivity contribution is 7.13. The molecule has 1 aromatic heterocycles. The van der Waals surface area contributed by atoms with Gasteiger partial charge in [-0.15, -0.1) is 11.3 Å².